The Labute approximate surface area is 89.9 Å². The Bertz CT molecular complexity index is 294. The van der Waals surface area contributed by atoms with Crippen molar-refractivity contribution in [3.63, 3.8) is 0 Å². The molecule has 0 fully saturated rings. The van der Waals surface area contributed by atoms with Crippen LogP contribution in [0.25, 0.3) is 0 Å². The lowest BCUT2D eigenvalue weighted by atomic mass is 10.1. The van der Waals surface area contributed by atoms with Gasteiger partial charge in [0.1, 0.15) is 0 Å². The first kappa shape index (κ1) is 12.8. The molecule has 1 aromatic rings. The molecule has 0 aromatic heterocycles. The molecule has 5 heteroatoms. The lowest BCUT2D eigenvalue weighted by Crippen LogP contribution is -2.04. The zero-order valence-corrected chi connectivity index (χ0v) is 9.09. The lowest BCUT2D eigenvalue weighted by molar-refractivity contribution is 0.506. The van der Waals surface area contributed by atoms with Gasteiger partial charge in [-0.05, 0) is 30.7 Å². The highest BCUT2D eigenvalue weighted by Gasteiger charge is 2.06. The molecule has 1 aromatic carbocycles. The summed E-state index contributed by atoms with van der Waals surface area (Å²) in [6.07, 6.45) is 0.539. The number of halogens is 4. The summed E-state index contributed by atoms with van der Waals surface area (Å²) in [4.78, 5) is 0. The molecule has 1 rings (SSSR count). The van der Waals surface area contributed by atoms with Gasteiger partial charge in [-0.3, -0.25) is 0 Å². The molecule has 0 aliphatic rings. The molecule has 0 aliphatic heterocycles. The quantitative estimate of drug-likeness (QED) is 0.823. The third kappa shape index (κ3) is 3.21. The molecule has 0 amide bonds. The second-order valence-electron chi connectivity index (χ2n) is 2.40. The van der Waals surface area contributed by atoms with Crippen LogP contribution < -0.4 is 5.73 Å². The van der Waals surface area contributed by atoms with Gasteiger partial charge in [-0.1, -0.05) is 15.9 Å². The average Bonchev–Trinajstić information content (AvgIpc) is 2.01. The van der Waals surface area contributed by atoms with Crippen LogP contribution in [-0.2, 0) is 6.42 Å². The van der Waals surface area contributed by atoms with Crippen LogP contribution in [0.5, 0.6) is 0 Å². The largest absolute Gasteiger partial charge is 0.330 e. The predicted octanol–water partition coefficient (Wildman–Crippen LogP) is 2.65. The lowest BCUT2D eigenvalue weighted by Gasteiger charge is -2.02. The van der Waals surface area contributed by atoms with Crippen LogP contribution >= 0.6 is 28.3 Å². The maximum absolute atomic E-state index is 12.6. The highest BCUT2D eigenvalue weighted by Crippen LogP contribution is 2.20. The molecule has 0 spiro atoms. The number of benzene rings is 1. The molecule has 0 saturated heterocycles. The molecule has 0 radical (unpaired) electrons. The van der Waals surface area contributed by atoms with Crippen molar-refractivity contribution in [3.05, 3.63) is 33.8 Å². The first-order chi connectivity index (χ1) is 5.65. The van der Waals surface area contributed by atoms with Crippen molar-refractivity contribution >= 4 is 28.3 Å². The van der Waals surface area contributed by atoms with Gasteiger partial charge in [-0.15, -0.1) is 12.4 Å². The Morgan fingerprint density at radius 2 is 1.77 bits per heavy atom. The van der Waals surface area contributed by atoms with E-state index in [0.717, 1.165) is 12.1 Å². The topological polar surface area (TPSA) is 26.0 Å². The van der Waals surface area contributed by atoms with Crippen molar-refractivity contribution < 1.29 is 8.78 Å². The van der Waals surface area contributed by atoms with Gasteiger partial charge in [-0.25, -0.2) is 8.78 Å². The summed E-state index contributed by atoms with van der Waals surface area (Å²) in [5, 5.41) is 0. The first-order valence-electron chi connectivity index (χ1n) is 3.48. The molecule has 1 nitrogen and oxygen atoms in total. The van der Waals surface area contributed by atoms with Crippen molar-refractivity contribution in [2.75, 3.05) is 6.54 Å². The number of hydrogen-bond donors (Lipinski definition) is 1. The Morgan fingerprint density at radius 1 is 1.23 bits per heavy atom. The van der Waals surface area contributed by atoms with E-state index < -0.39 is 11.6 Å². The van der Waals surface area contributed by atoms with Crippen LogP contribution in [0.4, 0.5) is 8.78 Å². The zero-order valence-electron chi connectivity index (χ0n) is 6.69. The maximum Gasteiger partial charge on any atom is 0.159 e. The summed E-state index contributed by atoms with van der Waals surface area (Å²) in [6, 6.07) is 2.27. The minimum Gasteiger partial charge on any atom is -0.330 e. The average molecular weight is 273 g/mol. The molecule has 0 atom stereocenters. The molecule has 0 bridgehead atoms. The first-order valence-corrected chi connectivity index (χ1v) is 4.28. The van der Waals surface area contributed by atoms with E-state index >= 15 is 0 Å². The van der Waals surface area contributed by atoms with Crippen LogP contribution in [0.15, 0.2) is 16.6 Å². The monoisotopic (exact) mass is 271 g/mol. The third-order valence-corrected chi connectivity index (χ3v) is 2.24. The molecule has 13 heavy (non-hydrogen) atoms. The number of rotatable bonds is 2. The van der Waals surface area contributed by atoms with Crippen molar-refractivity contribution in [2.45, 2.75) is 6.42 Å². The summed E-state index contributed by atoms with van der Waals surface area (Å²) in [7, 11) is 0. The SMILES string of the molecule is Cl.NCCc1cc(F)c(F)cc1Br. The molecule has 0 unspecified atom stereocenters. The molecular weight excluding hydrogens is 263 g/mol. The van der Waals surface area contributed by atoms with Crippen molar-refractivity contribution in [1.82, 2.24) is 0 Å². The van der Waals surface area contributed by atoms with Crippen LogP contribution in [-0.4, -0.2) is 6.54 Å². The van der Waals surface area contributed by atoms with Crippen LogP contribution in [0.3, 0.4) is 0 Å². The fourth-order valence-electron chi connectivity index (χ4n) is 0.911. The molecule has 0 saturated carbocycles. The van der Waals surface area contributed by atoms with Crippen LogP contribution in [0, 0.1) is 11.6 Å². The van der Waals surface area contributed by atoms with Gasteiger partial charge < -0.3 is 5.73 Å². The van der Waals surface area contributed by atoms with Crippen LogP contribution in [0.2, 0.25) is 0 Å². The van der Waals surface area contributed by atoms with Crippen molar-refractivity contribution in [2.24, 2.45) is 5.73 Å². The Balaban J connectivity index is 0.00000144. The highest BCUT2D eigenvalue weighted by molar-refractivity contribution is 9.10. The summed E-state index contributed by atoms with van der Waals surface area (Å²) < 4.78 is 25.8. The zero-order chi connectivity index (χ0) is 9.14. The van der Waals surface area contributed by atoms with Crippen molar-refractivity contribution in [1.29, 1.82) is 0 Å². The van der Waals surface area contributed by atoms with Gasteiger partial charge in [0.15, 0.2) is 11.6 Å². The van der Waals surface area contributed by atoms with E-state index in [1.165, 1.54) is 0 Å². The van der Waals surface area contributed by atoms with E-state index in [1.807, 2.05) is 0 Å². The minimum absolute atomic E-state index is 0. The molecule has 74 valence electrons. The molecule has 0 aliphatic carbocycles. The fourth-order valence-corrected chi connectivity index (χ4v) is 1.42. The van der Waals surface area contributed by atoms with Crippen molar-refractivity contribution in [3.8, 4) is 0 Å². The van der Waals surface area contributed by atoms with Gasteiger partial charge in [-0.2, -0.15) is 0 Å². The minimum atomic E-state index is -0.845. The second kappa shape index (κ2) is 5.52. The van der Waals surface area contributed by atoms with E-state index in [0.29, 0.717) is 23.0 Å². The third-order valence-electron chi connectivity index (χ3n) is 1.50. The van der Waals surface area contributed by atoms with E-state index in [1.54, 1.807) is 0 Å². The molecular formula is C8H9BrClF2N. The smallest absolute Gasteiger partial charge is 0.159 e. The van der Waals surface area contributed by atoms with Gasteiger partial charge in [0.2, 0.25) is 0 Å². The standard InChI is InChI=1S/C8H8BrF2N.ClH/c9-6-4-8(11)7(10)3-5(6)1-2-12;/h3-4H,1-2,12H2;1H. The highest BCUT2D eigenvalue weighted by atomic mass is 79.9. The van der Waals surface area contributed by atoms with E-state index in [4.69, 9.17) is 5.73 Å². The fraction of sp³-hybridized carbons (Fsp3) is 0.250. The Hall–Kier alpha value is -0.190. The van der Waals surface area contributed by atoms with Gasteiger partial charge in [0.05, 0.1) is 0 Å². The summed E-state index contributed by atoms with van der Waals surface area (Å²) in [5.74, 6) is -1.68. The summed E-state index contributed by atoms with van der Waals surface area (Å²) in [6.45, 7) is 0.420. The number of nitrogens with two attached hydrogens (primary N) is 1. The Morgan fingerprint density at radius 3 is 2.31 bits per heavy atom. The van der Waals surface area contributed by atoms with Gasteiger partial charge in [0, 0.05) is 4.47 Å². The van der Waals surface area contributed by atoms with E-state index in [-0.39, 0.29) is 12.4 Å². The van der Waals surface area contributed by atoms with Gasteiger partial charge >= 0.3 is 0 Å². The molecule has 0 heterocycles. The normalized spacial score (nSPS) is 9.54. The van der Waals surface area contributed by atoms with Crippen LogP contribution in [0.1, 0.15) is 5.56 Å². The van der Waals surface area contributed by atoms with Gasteiger partial charge in [0.25, 0.3) is 0 Å². The van der Waals surface area contributed by atoms with E-state index in [9.17, 15) is 8.78 Å². The Kier molecular flexibility index (Phi) is 5.44. The number of hydrogen-bond acceptors (Lipinski definition) is 1. The maximum atomic E-state index is 12.6. The summed E-state index contributed by atoms with van der Waals surface area (Å²) >= 11 is 3.12. The second-order valence-corrected chi connectivity index (χ2v) is 3.25. The molecule has 2 N–H and O–H groups in total. The van der Waals surface area contributed by atoms with E-state index in [2.05, 4.69) is 15.9 Å². The predicted molar refractivity (Wildman–Crippen MR) is 54.1 cm³/mol. The summed E-state index contributed by atoms with van der Waals surface area (Å²) in [5.41, 5.74) is 5.97.